The van der Waals surface area contributed by atoms with Crippen molar-refractivity contribution in [3.8, 4) is 0 Å². The molecule has 0 aliphatic heterocycles. The van der Waals surface area contributed by atoms with Crippen molar-refractivity contribution in [3.05, 3.63) is 11.4 Å². The fraction of sp³-hybridized carbons (Fsp3) is 0.667. The topological polar surface area (TPSA) is 118 Å². The summed E-state index contributed by atoms with van der Waals surface area (Å²) < 4.78 is 23.2. The Kier molecular flexibility index (Phi) is 3.88. The minimum atomic E-state index is -3.98. The molecule has 1 fully saturated rings. The third kappa shape index (κ3) is 2.85. The highest BCUT2D eigenvalue weighted by molar-refractivity contribution is 7.89. The molecule has 0 bridgehead atoms. The quantitative estimate of drug-likeness (QED) is 0.710. The second-order valence-electron chi connectivity index (χ2n) is 5.31. The number of aryl methyl sites for hydroxylation is 1. The first-order chi connectivity index (χ1) is 9.33. The van der Waals surface area contributed by atoms with E-state index >= 15 is 0 Å². The fourth-order valence-corrected chi connectivity index (χ4v) is 3.19. The van der Waals surface area contributed by atoms with Gasteiger partial charge in [0.1, 0.15) is 4.90 Å². The number of primary sulfonamides is 1. The van der Waals surface area contributed by atoms with Crippen LogP contribution in [0, 0.1) is 5.41 Å². The van der Waals surface area contributed by atoms with Gasteiger partial charge in [-0.3, -0.25) is 9.89 Å². The van der Waals surface area contributed by atoms with Crippen molar-refractivity contribution in [2.75, 3.05) is 6.54 Å². The maximum atomic E-state index is 12.1. The Morgan fingerprint density at radius 1 is 1.45 bits per heavy atom. The lowest BCUT2D eigenvalue weighted by atomic mass is 10.0. The SMILES string of the molecule is CCc1[nH]nc(C(=O)NCC2(CC)CC2)c1S(N)(=O)=O. The van der Waals surface area contributed by atoms with Crippen LogP contribution < -0.4 is 10.5 Å². The molecule has 7 nitrogen and oxygen atoms in total. The first-order valence-corrected chi connectivity index (χ1v) is 8.26. The summed E-state index contributed by atoms with van der Waals surface area (Å²) >= 11 is 0. The molecule has 1 aromatic heterocycles. The fourth-order valence-electron chi connectivity index (χ4n) is 2.25. The van der Waals surface area contributed by atoms with E-state index in [1.54, 1.807) is 6.92 Å². The molecule has 2 rings (SSSR count). The van der Waals surface area contributed by atoms with Crippen molar-refractivity contribution >= 4 is 15.9 Å². The first-order valence-electron chi connectivity index (χ1n) is 6.71. The summed E-state index contributed by atoms with van der Waals surface area (Å²) in [5.74, 6) is -0.496. The Morgan fingerprint density at radius 2 is 2.10 bits per heavy atom. The van der Waals surface area contributed by atoms with Gasteiger partial charge in [-0.15, -0.1) is 0 Å². The second-order valence-corrected chi connectivity index (χ2v) is 6.81. The number of carbonyl (C=O) groups excluding carboxylic acids is 1. The molecule has 1 aliphatic carbocycles. The van der Waals surface area contributed by atoms with Crippen LogP contribution >= 0.6 is 0 Å². The van der Waals surface area contributed by atoms with Crippen LogP contribution in [0.25, 0.3) is 0 Å². The standard InChI is InChI=1S/C12H20N4O3S/c1-3-8-10(20(13,18)19)9(16-15-8)11(17)14-7-12(4-2)5-6-12/h3-7H2,1-2H3,(H,14,17)(H,15,16)(H2,13,18,19). The van der Waals surface area contributed by atoms with Gasteiger partial charge in [0, 0.05) is 6.54 Å². The van der Waals surface area contributed by atoms with Gasteiger partial charge < -0.3 is 5.32 Å². The van der Waals surface area contributed by atoms with E-state index in [0.717, 1.165) is 19.3 Å². The number of hydrogen-bond donors (Lipinski definition) is 3. The number of amides is 1. The molecular formula is C12H20N4O3S. The number of nitrogens with zero attached hydrogens (tertiary/aromatic N) is 1. The van der Waals surface area contributed by atoms with Gasteiger partial charge in [0.25, 0.3) is 5.91 Å². The summed E-state index contributed by atoms with van der Waals surface area (Å²) in [5, 5.41) is 14.3. The lowest BCUT2D eigenvalue weighted by Crippen LogP contribution is -2.31. The monoisotopic (exact) mass is 300 g/mol. The van der Waals surface area contributed by atoms with Gasteiger partial charge in [-0.05, 0) is 31.1 Å². The van der Waals surface area contributed by atoms with Crippen LogP contribution in [0.2, 0.25) is 0 Å². The minimum Gasteiger partial charge on any atom is -0.350 e. The predicted molar refractivity (Wildman–Crippen MR) is 73.6 cm³/mol. The smallest absolute Gasteiger partial charge is 0.273 e. The number of nitrogens with two attached hydrogens (primary N) is 1. The van der Waals surface area contributed by atoms with Crippen molar-refractivity contribution in [1.29, 1.82) is 0 Å². The van der Waals surface area contributed by atoms with Crippen LogP contribution in [0.4, 0.5) is 0 Å². The summed E-state index contributed by atoms with van der Waals surface area (Å²) in [4.78, 5) is 11.9. The van der Waals surface area contributed by atoms with Crippen molar-refractivity contribution < 1.29 is 13.2 Å². The maximum absolute atomic E-state index is 12.1. The zero-order valence-electron chi connectivity index (χ0n) is 11.7. The molecule has 8 heteroatoms. The molecule has 0 saturated heterocycles. The number of sulfonamides is 1. The molecule has 0 atom stereocenters. The summed E-state index contributed by atoms with van der Waals surface area (Å²) in [6.45, 7) is 4.39. The minimum absolute atomic E-state index is 0.142. The van der Waals surface area contributed by atoms with Gasteiger partial charge in [0.2, 0.25) is 10.0 Å². The highest BCUT2D eigenvalue weighted by Gasteiger charge is 2.41. The Morgan fingerprint density at radius 3 is 2.55 bits per heavy atom. The van der Waals surface area contributed by atoms with Crippen molar-refractivity contribution in [3.63, 3.8) is 0 Å². The van der Waals surface area contributed by atoms with Crippen molar-refractivity contribution in [1.82, 2.24) is 15.5 Å². The average Bonchev–Trinajstić information content (AvgIpc) is 3.03. The van der Waals surface area contributed by atoms with E-state index in [-0.39, 0.29) is 16.0 Å². The lowest BCUT2D eigenvalue weighted by Gasteiger charge is -2.12. The molecule has 112 valence electrons. The zero-order chi connectivity index (χ0) is 15.0. The summed E-state index contributed by atoms with van der Waals surface area (Å²) in [6.07, 6.45) is 3.58. The molecule has 0 radical (unpaired) electrons. The zero-order valence-corrected chi connectivity index (χ0v) is 12.5. The van der Waals surface area contributed by atoms with Crippen LogP contribution in [0.15, 0.2) is 4.90 Å². The molecule has 1 amide bonds. The molecule has 1 heterocycles. The van der Waals surface area contributed by atoms with Gasteiger partial charge in [-0.2, -0.15) is 5.10 Å². The van der Waals surface area contributed by atoms with Crippen molar-refractivity contribution in [2.45, 2.75) is 44.4 Å². The number of aromatic amines is 1. The number of aromatic nitrogens is 2. The molecule has 1 saturated carbocycles. The van der Waals surface area contributed by atoms with E-state index in [4.69, 9.17) is 5.14 Å². The molecule has 0 spiro atoms. The van der Waals surface area contributed by atoms with E-state index in [0.29, 0.717) is 18.7 Å². The Balaban J connectivity index is 2.20. The van der Waals surface area contributed by atoms with Gasteiger partial charge >= 0.3 is 0 Å². The molecule has 1 aliphatic rings. The van der Waals surface area contributed by atoms with Crippen molar-refractivity contribution in [2.24, 2.45) is 10.6 Å². The summed E-state index contributed by atoms with van der Waals surface area (Å²) in [7, 11) is -3.98. The van der Waals surface area contributed by atoms with E-state index < -0.39 is 15.9 Å². The normalized spacial score (nSPS) is 16.9. The number of rotatable bonds is 6. The van der Waals surface area contributed by atoms with Gasteiger partial charge in [-0.1, -0.05) is 13.8 Å². The Labute approximate surface area is 118 Å². The largest absolute Gasteiger partial charge is 0.350 e. The van der Waals surface area contributed by atoms with E-state index in [1.165, 1.54) is 0 Å². The number of H-pyrrole nitrogens is 1. The number of carbonyl (C=O) groups is 1. The van der Waals surface area contributed by atoms with E-state index in [1.807, 2.05) is 0 Å². The van der Waals surface area contributed by atoms with E-state index in [2.05, 4.69) is 22.4 Å². The Hall–Kier alpha value is -1.41. The van der Waals surface area contributed by atoms with Gasteiger partial charge in [0.15, 0.2) is 5.69 Å². The van der Waals surface area contributed by atoms with Gasteiger partial charge in [0.05, 0.1) is 5.69 Å². The van der Waals surface area contributed by atoms with Crippen LogP contribution in [0.5, 0.6) is 0 Å². The third-order valence-electron chi connectivity index (χ3n) is 3.98. The maximum Gasteiger partial charge on any atom is 0.273 e. The van der Waals surface area contributed by atoms with E-state index in [9.17, 15) is 13.2 Å². The van der Waals surface area contributed by atoms with Gasteiger partial charge in [-0.25, -0.2) is 13.6 Å². The molecule has 20 heavy (non-hydrogen) atoms. The third-order valence-corrected chi connectivity index (χ3v) is 4.98. The van der Waals surface area contributed by atoms with Crippen LogP contribution in [-0.4, -0.2) is 31.1 Å². The predicted octanol–water partition coefficient (Wildman–Crippen LogP) is 0.539. The highest BCUT2D eigenvalue weighted by atomic mass is 32.2. The average molecular weight is 300 g/mol. The Bertz CT molecular complexity index is 617. The summed E-state index contributed by atoms with van der Waals surface area (Å²) in [6, 6.07) is 0. The summed E-state index contributed by atoms with van der Waals surface area (Å²) in [5.41, 5.74) is 0.395. The van der Waals surface area contributed by atoms with Crippen LogP contribution in [0.1, 0.15) is 49.3 Å². The van der Waals surface area contributed by atoms with Crippen LogP contribution in [-0.2, 0) is 16.4 Å². The van der Waals surface area contributed by atoms with Crippen LogP contribution in [0.3, 0.4) is 0 Å². The lowest BCUT2D eigenvalue weighted by molar-refractivity contribution is 0.0936. The molecule has 4 N–H and O–H groups in total. The molecule has 1 aromatic rings. The highest BCUT2D eigenvalue weighted by Crippen LogP contribution is 2.47. The second kappa shape index (κ2) is 5.17. The number of hydrogen-bond acceptors (Lipinski definition) is 4. The number of nitrogens with one attached hydrogen (secondary N) is 2. The molecule has 0 unspecified atom stereocenters. The molecular weight excluding hydrogens is 280 g/mol. The first kappa shape index (κ1) is 15.0. The molecule has 0 aromatic carbocycles.